The molecule has 2 fully saturated rings. The molecule has 5 aliphatic rings. The van der Waals surface area contributed by atoms with Crippen LogP contribution >= 0.6 is 0 Å². The summed E-state index contributed by atoms with van der Waals surface area (Å²) in [6.45, 7) is 16.6. The van der Waals surface area contributed by atoms with E-state index in [2.05, 4.69) is 46.8 Å². The van der Waals surface area contributed by atoms with Crippen molar-refractivity contribution in [3.05, 3.63) is 34.4 Å². The zero-order valence-electron chi connectivity index (χ0n) is 28.2. The van der Waals surface area contributed by atoms with Crippen LogP contribution in [0, 0.1) is 39.4 Å². The van der Waals surface area contributed by atoms with Crippen molar-refractivity contribution in [2.45, 2.75) is 125 Å². The van der Waals surface area contributed by atoms with Crippen molar-refractivity contribution >= 4 is 17.9 Å². The first kappa shape index (κ1) is 33.0. The molecular formula is C37H54O7. The Bertz CT molecular complexity index is 1290. The molecule has 44 heavy (non-hydrogen) atoms. The monoisotopic (exact) mass is 610 g/mol. The van der Waals surface area contributed by atoms with Crippen molar-refractivity contribution in [1.29, 1.82) is 0 Å². The third-order valence-corrected chi connectivity index (χ3v) is 12.5. The molecular weight excluding hydrogens is 556 g/mol. The first-order chi connectivity index (χ1) is 20.7. The van der Waals surface area contributed by atoms with E-state index in [1.54, 1.807) is 13.8 Å². The third-order valence-electron chi connectivity index (χ3n) is 12.5. The number of ether oxygens (including phenoxy) is 3. The van der Waals surface area contributed by atoms with Gasteiger partial charge >= 0.3 is 17.9 Å². The second kappa shape index (κ2) is 11.7. The summed E-state index contributed by atoms with van der Waals surface area (Å²) in [4.78, 5) is 40.4. The van der Waals surface area contributed by atoms with E-state index in [0.717, 1.165) is 24.8 Å². The summed E-state index contributed by atoms with van der Waals surface area (Å²) in [7, 11) is 0. The van der Waals surface area contributed by atoms with Gasteiger partial charge in [-0.25, -0.2) is 9.59 Å². The lowest BCUT2D eigenvalue weighted by Crippen LogP contribution is -2.62. The fourth-order valence-corrected chi connectivity index (χ4v) is 10.8. The minimum atomic E-state index is -1.12. The summed E-state index contributed by atoms with van der Waals surface area (Å²) in [5, 5.41) is 12.7. The predicted octanol–water partition coefficient (Wildman–Crippen LogP) is 7.03. The van der Waals surface area contributed by atoms with Crippen LogP contribution in [0.2, 0.25) is 0 Å². The molecule has 0 radical (unpaired) electrons. The smallest absolute Gasteiger partial charge is 0.335 e. The Labute approximate surface area is 263 Å². The van der Waals surface area contributed by atoms with Gasteiger partial charge in [0.25, 0.3) is 0 Å². The van der Waals surface area contributed by atoms with Gasteiger partial charge in [-0.3, -0.25) is 4.79 Å². The van der Waals surface area contributed by atoms with Crippen LogP contribution in [-0.4, -0.2) is 48.4 Å². The third kappa shape index (κ3) is 4.49. The summed E-state index contributed by atoms with van der Waals surface area (Å²) in [5.74, 6) is 0.141. The number of aliphatic hydroxyl groups is 1. The maximum absolute atomic E-state index is 14.2. The van der Waals surface area contributed by atoms with Crippen molar-refractivity contribution in [3.8, 4) is 0 Å². The first-order valence-electron chi connectivity index (χ1n) is 17.1. The van der Waals surface area contributed by atoms with Crippen LogP contribution in [-0.2, 0) is 28.6 Å². The van der Waals surface area contributed by atoms with Crippen LogP contribution in [0.25, 0.3) is 0 Å². The fourth-order valence-electron chi connectivity index (χ4n) is 10.8. The summed E-state index contributed by atoms with van der Waals surface area (Å²) in [5.41, 5.74) is -0.144. The van der Waals surface area contributed by atoms with E-state index in [0.29, 0.717) is 43.4 Å². The molecule has 7 nitrogen and oxygen atoms in total. The summed E-state index contributed by atoms with van der Waals surface area (Å²) in [6.07, 6.45) is 10.5. The van der Waals surface area contributed by atoms with Gasteiger partial charge in [0.05, 0.1) is 35.9 Å². The molecule has 2 bridgehead atoms. The van der Waals surface area contributed by atoms with E-state index < -0.39 is 40.4 Å². The zero-order valence-corrected chi connectivity index (χ0v) is 28.2. The highest BCUT2D eigenvalue weighted by atomic mass is 16.5. The molecule has 5 aliphatic carbocycles. The van der Waals surface area contributed by atoms with Gasteiger partial charge in [0.15, 0.2) is 0 Å². The highest BCUT2D eigenvalue weighted by molar-refractivity contribution is 6.06. The second-order valence-electron chi connectivity index (χ2n) is 15.1. The summed E-state index contributed by atoms with van der Waals surface area (Å²) < 4.78 is 17.2. The van der Waals surface area contributed by atoms with E-state index in [9.17, 15) is 19.5 Å². The lowest BCUT2D eigenvalue weighted by Gasteiger charge is -2.63. The van der Waals surface area contributed by atoms with Gasteiger partial charge in [0, 0.05) is 12.3 Å². The van der Waals surface area contributed by atoms with Crippen LogP contribution in [0.5, 0.6) is 0 Å². The number of carbonyl (C=O) groups excluding carboxylic acids is 3. The fraction of sp³-hybridized carbons (Fsp3) is 0.757. The maximum atomic E-state index is 14.2. The van der Waals surface area contributed by atoms with E-state index in [4.69, 9.17) is 14.2 Å². The molecule has 0 saturated heterocycles. The van der Waals surface area contributed by atoms with E-state index in [1.165, 1.54) is 25.3 Å². The molecule has 5 rings (SSSR count). The number of hydrogen-bond acceptors (Lipinski definition) is 7. The number of rotatable bonds is 10. The summed E-state index contributed by atoms with van der Waals surface area (Å²) in [6, 6.07) is 0. The number of fused-ring (bicyclic) bond motifs is 1. The molecule has 0 aromatic rings. The Kier molecular flexibility index (Phi) is 8.80. The number of aliphatic hydroxyl groups excluding tert-OH is 1. The van der Waals surface area contributed by atoms with Crippen molar-refractivity contribution < 1.29 is 33.7 Å². The minimum Gasteiger partial charge on any atom is -0.463 e. The van der Waals surface area contributed by atoms with Gasteiger partial charge in [-0.2, -0.15) is 0 Å². The van der Waals surface area contributed by atoms with Crippen molar-refractivity contribution in [2.75, 3.05) is 13.2 Å². The summed E-state index contributed by atoms with van der Waals surface area (Å²) >= 11 is 0. The number of hydrogen-bond donors (Lipinski definition) is 1. The van der Waals surface area contributed by atoms with Crippen LogP contribution in [0.15, 0.2) is 34.4 Å². The van der Waals surface area contributed by atoms with Gasteiger partial charge in [-0.1, -0.05) is 71.6 Å². The molecule has 244 valence electrons. The number of esters is 3. The van der Waals surface area contributed by atoms with Gasteiger partial charge in [0.1, 0.15) is 6.10 Å². The van der Waals surface area contributed by atoms with Crippen molar-refractivity contribution in [3.63, 3.8) is 0 Å². The van der Waals surface area contributed by atoms with Crippen LogP contribution in [0.3, 0.4) is 0 Å². The SMILES string of the molecule is CCOC(=O)C1=C(C(=O)OCC)[C@@]23C=CC4=C5CC[C@H]([C@H](C)CCCC(C)C)[C@@]5(C)C[C@@H](O)[C@]41[C@@]2(C)CC[C@H](OC(C)=O)C3. The first-order valence-corrected chi connectivity index (χ1v) is 17.1. The lowest BCUT2D eigenvalue weighted by molar-refractivity contribution is -0.161. The van der Waals surface area contributed by atoms with Gasteiger partial charge in [-0.05, 0) is 86.5 Å². The average molecular weight is 611 g/mol. The Morgan fingerprint density at radius 2 is 1.64 bits per heavy atom. The number of allylic oxidation sites excluding steroid dienone is 3. The topological polar surface area (TPSA) is 99.1 Å². The Morgan fingerprint density at radius 3 is 2.25 bits per heavy atom. The zero-order chi connectivity index (χ0) is 32.2. The van der Waals surface area contributed by atoms with Gasteiger partial charge < -0.3 is 19.3 Å². The quantitative estimate of drug-likeness (QED) is 0.209. The molecule has 1 N–H and O–H groups in total. The van der Waals surface area contributed by atoms with Crippen LogP contribution in [0.4, 0.5) is 0 Å². The van der Waals surface area contributed by atoms with Crippen molar-refractivity contribution in [2.24, 2.45) is 39.4 Å². The molecule has 0 aromatic carbocycles. The van der Waals surface area contributed by atoms with E-state index in [1.807, 2.05) is 0 Å². The Hall–Kier alpha value is -2.41. The molecule has 2 saturated carbocycles. The molecule has 7 heteroatoms. The standard InChI is InChI=1S/C37H54O7/c1-9-42-32(40)30-31(33(41)43-10-2)37-28(17-19-36(30)20-25(44-24(6)38)16-18-35(36,37)8)27-15-14-26(34(27,7)21-29(37)39)23(5)13-11-12-22(3)4/h17,19,22-23,25-26,29,39H,9-16,18,20-21H2,1-8H3/t23-,25+,26-,29-,34-,35+,36+,37-/m1/s1. The van der Waals surface area contributed by atoms with Gasteiger partial charge in [-0.15, -0.1) is 0 Å². The van der Waals surface area contributed by atoms with Crippen molar-refractivity contribution in [1.82, 2.24) is 0 Å². The van der Waals surface area contributed by atoms with E-state index in [-0.39, 0.29) is 35.7 Å². The number of carbonyl (C=O) groups is 3. The Balaban J connectivity index is 1.74. The minimum absolute atomic E-state index is 0.150. The largest absolute Gasteiger partial charge is 0.463 e. The average Bonchev–Trinajstić information content (AvgIpc) is 3.31. The molecule has 0 aliphatic heterocycles. The van der Waals surface area contributed by atoms with Gasteiger partial charge in [0.2, 0.25) is 0 Å². The molecule has 0 heterocycles. The molecule has 8 atom stereocenters. The predicted molar refractivity (Wildman–Crippen MR) is 168 cm³/mol. The molecule has 0 aromatic heterocycles. The lowest BCUT2D eigenvalue weighted by atomic mass is 9.40. The second-order valence-corrected chi connectivity index (χ2v) is 15.1. The molecule has 0 amide bonds. The highest BCUT2D eigenvalue weighted by Crippen LogP contribution is 2.80. The molecule has 1 spiro atoms. The van der Waals surface area contributed by atoms with Crippen LogP contribution in [0.1, 0.15) is 113 Å². The highest BCUT2D eigenvalue weighted by Gasteiger charge is 2.78. The van der Waals surface area contributed by atoms with E-state index >= 15 is 0 Å². The maximum Gasteiger partial charge on any atom is 0.335 e. The molecule has 0 unspecified atom stereocenters. The normalized spacial score (nSPS) is 37.8. The van der Waals surface area contributed by atoms with Crippen LogP contribution < -0.4 is 0 Å². The Morgan fingerprint density at radius 1 is 0.977 bits per heavy atom.